The fourth-order valence-electron chi connectivity index (χ4n) is 2.86. The van der Waals surface area contributed by atoms with Crippen LogP contribution in [0.2, 0.25) is 0 Å². The highest BCUT2D eigenvalue weighted by Crippen LogP contribution is 2.33. The Bertz CT molecular complexity index is 1410. The van der Waals surface area contributed by atoms with Crippen LogP contribution in [0, 0.1) is 0 Å². The highest BCUT2D eigenvalue weighted by molar-refractivity contribution is 8.01. The van der Waals surface area contributed by atoms with Gasteiger partial charge in [-0.05, 0) is 70.7 Å². The lowest BCUT2D eigenvalue weighted by Crippen LogP contribution is -2.13. The zero-order valence-corrected chi connectivity index (χ0v) is 18.2. The first-order chi connectivity index (χ1) is 15.1. The molecule has 0 saturated carbocycles. The van der Waals surface area contributed by atoms with Crippen LogP contribution in [0.5, 0.6) is 0 Å². The van der Waals surface area contributed by atoms with Crippen LogP contribution in [0.1, 0.15) is 0 Å². The van der Waals surface area contributed by atoms with E-state index >= 15 is 0 Å². The SMILES string of the molecule is O=S(=O)(Nc1ccccc1)c1ccc(-n2nnnc2Sc2nc3ccccc3s2)cc1. The first-order valence-electron chi connectivity index (χ1n) is 9.09. The number of tetrazole rings is 1. The summed E-state index contributed by atoms with van der Waals surface area (Å²) in [5.74, 6) is 0. The van der Waals surface area contributed by atoms with Gasteiger partial charge in [-0.2, -0.15) is 4.68 Å². The van der Waals surface area contributed by atoms with Crippen molar-refractivity contribution in [2.45, 2.75) is 14.4 Å². The molecule has 5 rings (SSSR count). The summed E-state index contributed by atoms with van der Waals surface area (Å²) in [5.41, 5.74) is 2.07. The molecular formula is C20H14N6O2S3. The monoisotopic (exact) mass is 466 g/mol. The molecule has 11 heteroatoms. The fourth-order valence-corrected chi connectivity index (χ4v) is 5.89. The number of thiazole rings is 1. The Morgan fingerprint density at radius 2 is 1.65 bits per heavy atom. The summed E-state index contributed by atoms with van der Waals surface area (Å²) >= 11 is 2.92. The van der Waals surface area contributed by atoms with Gasteiger partial charge in [0.2, 0.25) is 5.16 Å². The van der Waals surface area contributed by atoms with Gasteiger partial charge in [-0.15, -0.1) is 16.4 Å². The van der Waals surface area contributed by atoms with E-state index in [0.717, 1.165) is 14.6 Å². The summed E-state index contributed by atoms with van der Waals surface area (Å²) in [5, 5.41) is 12.4. The molecule has 2 heterocycles. The van der Waals surface area contributed by atoms with Crippen LogP contribution in [0.3, 0.4) is 0 Å². The molecule has 154 valence electrons. The number of aromatic nitrogens is 5. The van der Waals surface area contributed by atoms with Crippen LogP contribution in [-0.4, -0.2) is 33.6 Å². The lowest BCUT2D eigenvalue weighted by Gasteiger charge is -2.09. The van der Waals surface area contributed by atoms with Crippen LogP contribution in [0.25, 0.3) is 15.9 Å². The van der Waals surface area contributed by atoms with Gasteiger partial charge in [-0.3, -0.25) is 4.72 Å². The minimum Gasteiger partial charge on any atom is -0.280 e. The summed E-state index contributed by atoms with van der Waals surface area (Å²) in [7, 11) is -3.70. The quantitative estimate of drug-likeness (QED) is 0.400. The molecule has 0 radical (unpaired) electrons. The Kier molecular flexibility index (Phi) is 5.14. The van der Waals surface area contributed by atoms with E-state index in [1.165, 1.54) is 23.9 Å². The third-order valence-electron chi connectivity index (χ3n) is 4.31. The maximum atomic E-state index is 12.6. The molecule has 0 unspecified atom stereocenters. The van der Waals surface area contributed by atoms with Crippen molar-refractivity contribution in [3.63, 3.8) is 0 Å². The number of nitrogens with zero attached hydrogens (tertiary/aromatic N) is 5. The third-order valence-corrected chi connectivity index (χ3v) is 7.74. The van der Waals surface area contributed by atoms with Crippen molar-refractivity contribution in [1.29, 1.82) is 0 Å². The predicted molar refractivity (Wildman–Crippen MR) is 120 cm³/mol. The molecule has 2 aromatic heterocycles. The fraction of sp³-hybridized carbons (Fsp3) is 0. The van der Waals surface area contributed by atoms with E-state index in [4.69, 9.17) is 0 Å². The second-order valence-electron chi connectivity index (χ2n) is 6.39. The molecule has 0 fully saturated rings. The maximum Gasteiger partial charge on any atom is 0.261 e. The van der Waals surface area contributed by atoms with Crippen LogP contribution in [0.4, 0.5) is 5.69 Å². The van der Waals surface area contributed by atoms with Gasteiger partial charge < -0.3 is 0 Å². The highest BCUT2D eigenvalue weighted by Gasteiger charge is 2.17. The summed E-state index contributed by atoms with van der Waals surface area (Å²) in [6, 6.07) is 23.0. The molecule has 1 N–H and O–H groups in total. The molecule has 0 aliphatic rings. The predicted octanol–water partition coefficient (Wildman–Crippen LogP) is 4.22. The van der Waals surface area contributed by atoms with E-state index in [-0.39, 0.29) is 4.90 Å². The van der Waals surface area contributed by atoms with Crippen LogP contribution < -0.4 is 4.72 Å². The Balaban J connectivity index is 1.39. The molecular weight excluding hydrogens is 452 g/mol. The summed E-state index contributed by atoms with van der Waals surface area (Å²) in [6.45, 7) is 0. The average molecular weight is 467 g/mol. The van der Waals surface area contributed by atoms with Gasteiger partial charge in [0.15, 0.2) is 4.34 Å². The minimum atomic E-state index is -3.70. The molecule has 31 heavy (non-hydrogen) atoms. The number of benzene rings is 3. The molecule has 0 saturated heterocycles. The van der Waals surface area contributed by atoms with Gasteiger partial charge >= 0.3 is 0 Å². The van der Waals surface area contributed by atoms with E-state index in [0.29, 0.717) is 16.5 Å². The lowest BCUT2D eigenvalue weighted by molar-refractivity contribution is 0.601. The van der Waals surface area contributed by atoms with Crippen molar-refractivity contribution in [3.8, 4) is 5.69 Å². The molecule has 0 aliphatic heterocycles. The van der Waals surface area contributed by atoms with E-state index in [2.05, 4.69) is 25.2 Å². The van der Waals surface area contributed by atoms with Gasteiger partial charge in [0.25, 0.3) is 10.0 Å². The smallest absolute Gasteiger partial charge is 0.261 e. The van der Waals surface area contributed by atoms with E-state index < -0.39 is 10.0 Å². The second-order valence-corrected chi connectivity index (χ2v) is 10.3. The number of para-hydroxylation sites is 2. The molecule has 0 bridgehead atoms. The van der Waals surface area contributed by atoms with Gasteiger partial charge in [-0.1, -0.05) is 30.3 Å². The molecule has 3 aromatic carbocycles. The van der Waals surface area contributed by atoms with Gasteiger partial charge in [-0.25, -0.2) is 13.4 Å². The van der Waals surface area contributed by atoms with Crippen molar-refractivity contribution in [2.24, 2.45) is 0 Å². The van der Waals surface area contributed by atoms with Crippen LogP contribution in [0.15, 0.2) is 93.3 Å². The number of rotatable bonds is 6. The molecule has 8 nitrogen and oxygen atoms in total. The lowest BCUT2D eigenvalue weighted by atomic mass is 10.3. The summed E-state index contributed by atoms with van der Waals surface area (Å²) in [4.78, 5) is 4.74. The van der Waals surface area contributed by atoms with Gasteiger partial charge in [0.05, 0.1) is 20.8 Å². The number of sulfonamides is 1. The molecule has 0 aliphatic carbocycles. The average Bonchev–Trinajstić information content (AvgIpc) is 3.41. The molecule has 5 aromatic rings. The Hall–Kier alpha value is -3.28. The topological polar surface area (TPSA) is 103 Å². The van der Waals surface area contributed by atoms with Crippen LogP contribution >= 0.6 is 23.1 Å². The number of nitrogens with one attached hydrogen (secondary N) is 1. The number of fused-ring (bicyclic) bond motifs is 1. The normalized spacial score (nSPS) is 11.6. The number of hydrogen-bond donors (Lipinski definition) is 1. The van der Waals surface area contributed by atoms with Crippen LogP contribution in [-0.2, 0) is 10.0 Å². The zero-order chi connectivity index (χ0) is 21.3. The van der Waals surface area contributed by atoms with Crippen molar-refractivity contribution in [3.05, 3.63) is 78.9 Å². The van der Waals surface area contributed by atoms with Crippen molar-refractivity contribution >= 4 is 49.0 Å². The first-order valence-corrected chi connectivity index (χ1v) is 12.2. The molecule has 0 amide bonds. The number of hydrogen-bond acceptors (Lipinski definition) is 8. The van der Waals surface area contributed by atoms with Gasteiger partial charge in [0.1, 0.15) is 0 Å². The Morgan fingerprint density at radius 1 is 0.903 bits per heavy atom. The summed E-state index contributed by atoms with van der Waals surface area (Å²) in [6.07, 6.45) is 0. The molecule has 0 atom stereocenters. The standard InChI is InChI=1S/C20H14N6O2S3/c27-31(28,23-14-6-2-1-3-7-14)16-12-10-15(11-13-16)26-19(22-24-25-26)30-20-21-17-8-4-5-9-18(17)29-20/h1-13,23H. The highest BCUT2D eigenvalue weighted by atomic mass is 32.2. The van der Waals surface area contributed by atoms with Crippen molar-refractivity contribution in [2.75, 3.05) is 4.72 Å². The largest absolute Gasteiger partial charge is 0.280 e. The van der Waals surface area contributed by atoms with Crippen molar-refractivity contribution in [1.82, 2.24) is 25.2 Å². The Morgan fingerprint density at radius 3 is 2.42 bits per heavy atom. The van der Waals surface area contributed by atoms with E-state index in [9.17, 15) is 8.42 Å². The van der Waals surface area contributed by atoms with E-state index in [1.54, 1.807) is 52.4 Å². The minimum absolute atomic E-state index is 0.147. The third kappa shape index (κ3) is 4.15. The summed E-state index contributed by atoms with van der Waals surface area (Å²) < 4.78 is 31.3. The van der Waals surface area contributed by atoms with E-state index in [1.807, 2.05) is 30.3 Å². The second kappa shape index (κ2) is 8.10. The van der Waals surface area contributed by atoms with Crippen molar-refractivity contribution < 1.29 is 8.42 Å². The zero-order valence-electron chi connectivity index (χ0n) is 15.8. The first kappa shape index (κ1) is 19.7. The van der Waals surface area contributed by atoms with Gasteiger partial charge in [0, 0.05) is 5.69 Å². The molecule has 0 spiro atoms. The maximum absolute atomic E-state index is 12.6. The Labute approximate surface area is 186 Å². The number of anilines is 1.